The van der Waals surface area contributed by atoms with Gasteiger partial charge in [0.05, 0.1) is 0 Å². The Labute approximate surface area is 117 Å². The molecule has 0 aliphatic rings. The van der Waals surface area contributed by atoms with Gasteiger partial charge in [-0.3, -0.25) is 0 Å². The SMILES string of the molecule is CCCNC(CCCC(F)(F)F)c1ccc(Cl)cc1. The summed E-state index contributed by atoms with van der Waals surface area (Å²) in [5.41, 5.74) is 0.986. The lowest BCUT2D eigenvalue weighted by Gasteiger charge is -2.19. The number of hydrogen-bond acceptors (Lipinski definition) is 1. The van der Waals surface area contributed by atoms with Crippen molar-refractivity contribution in [3.05, 3.63) is 34.9 Å². The minimum absolute atomic E-state index is 0.0421. The smallest absolute Gasteiger partial charge is 0.310 e. The maximum Gasteiger partial charge on any atom is 0.389 e. The van der Waals surface area contributed by atoms with Crippen LogP contribution < -0.4 is 5.32 Å². The summed E-state index contributed by atoms with van der Waals surface area (Å²) in [5.74, 6) is 0. The standard InChI is InChI=1S/C14H19ClF3N/c1-2-10-19-13(4-3-9-14(16,17)18)11-5-7-12(15)8-6-11/h5-8,13,19H,2-4,9-10H2,1H3. The van der Waals surface area contributed by atoms with Gasteiger partial charge in [0.15, 0.2) is 0 Å². The third-order valence-corrected chi connectivity index (χ3v) is 3.12. The van der Waals surface area contributed by atoms with E-state index in [4.69, 9.17) is 11.6 Å². The highest BCUT2D eigenvalue weighted by Gasteiger charge is 2.26. The maximum atomic E-state index is 12.2. The van der Waals surface area contributed by atoms with Crippen LogP contribution in [0.25, 0.3) is 0 Å². The third kappa shape index (κ3) is 6.83. The van der Waals surface area contributed by atoms with Crippen molar-refractivity contribution in [2.45, 2.75) is 44.8 Å². The lowest BCUT2D eigenvalue weighted by Crippen LogP contribution is -2.22. The first-order valence-corrected chi connectivity index (χ1v) is 6.86. The maximum absolute atomic E-state index is 12.2. The molecule has 1 nitrogen and oxygen atoms in total. The van der Waals surface area contributed by atoms with Gasteiger partial charge in [-0.15, -0.1) is 0 Å². The summed E-state index contributed by atoms with van der Waals surface area (Å²) in [6, 6.07) is 7.22. The average Bonchev–Trinajstić information content (AvgIpc) is 2.33. The molecule has 0 aromatic heterocycles. The first kappa shape index (κ1) is 16.3. The van der Waals surface area contributed by atoms with Crippen molar-refractivity contribution >= 4 is 11.6 Å². The van der Waals surface area contributed by atoms with Gasteiger partial charge in [-0.05, 0) is 43.5 Å². The Balaban J connectivity index is 2.58. The molecule has 0 radical (unpaired) electrons. The number of nitrogens with one attached hydrogen (secondary N) is 1. The second-order valence-electron chi connectivity index (χ2n) is 4.57. The van der Waals surface area contributed by atoms with Crippen LogP contribution in [0.15, 0.2) is 24.3 Å². The topological polar surface area (TPSA) is 12.0 Å². The molecule has 1 N–H and O–H groups in total. The van der Waals surface area contributed by atoms with Gasteiger partial charge >= 0.3 is 6.18 Å². The van der Waals surface area contributed by atoms with E-state index >= 15 is 0 Å². The molecule has 0 aliphatic carbocycles. The fourth-order valence-corrected chi connectivity index (χ4v) is 2.03. The zero-order valence-electron chi connectivity index (χ0n) is 10.9. The van der Waals surface area contributed by atoms with Crippen LogP contribution in [0.5, 0.6) is 0 Å². The number of benzene rings is 1. The second-order valence-corrected chi connectivity index (χ2v) is 5.00. The quantitative estimate of drug-likeness (QED) is 0.736. The molecular formula is C14H19ClF3N. The molecule has 0 saturated carbocycles. The highest BCUT2D eigenvalue weighted by Crippen LogP contribution is 2.27. The summed E-state index contributed by atoms with van der Waals surface area (Å²) in [4.78, 5) is 0. The second kappa shape index (κ2) is 7.75. The summed E-state index contributed by atoms with van der Waals surface area (Å²) in [6.45, 7) is 2.82. The Hall–Kier alpha value is -0.740. The summed E-state index contributed by atoms with van der Waals surface area (Å²) < 4.78 is 36.5. The molecule has 1 rings (SSSR count). The monoisotopic (exact) mass is 293 g/mol. The molecule has 0 aliphatic heterocycles. The molecule has 0 fully saturated rings. The van der Waals surface area contributed by atoms with E-state index in [0.717, 1.165) is 18.5 Å². The Morgan fingerprint density at radius 2 is 1.84 bits per heavy atom. The molecule has 1 unspecified atom stereocenters. The minimum Gasteiger partial charge on any atom is -0.310 e. The van der Waals surface area contributed by atoms with E-state index in [-0.39, 0.29) is 12.5 Å². The number of rotatable bonds is 7. The van der Waals surface area contributed by atoms with Gasteiger partial charge in [0.2, 0.25) is 0 Å². The molecule has 0 heterocycles. The first-order valence-electron chi connectivity index (χ1n) is 6.48. The van der Waals surface area contributed by atoms with Crippen LogP contribution in [-0.4, -0.2) is 12.7 Å². The van der Waals surface area contributed by atoms with E-state index < -0.39 is 12.6 Å². The van der Waals surface area contributed by atoms with Gasteiger partial charge in [-0.1, -0.05) is 30.7 Å². The molecule has 5 heteroatoms. The summed E-state index contributed by atoms with van der Waals surface area (Å²) >= 11 is 5.82. The van der Waals surface area contributed by atoms with Crippen LogP contribution >= 0.6 is 11.6 Å². The fraction of sp³-hybridized carbons (Fsp3) is 0.571. The normalized spacial score (nSPS) is 13.5. The summed E-state index contributed by atoms with van der Waals surface area (Å²) in [7, 11) is 0. The lowest BCUT2D eigenvalue weighted by atomic mass is 10.0. The van der Waals surface area contributed by atoms with Gasteiger partial charge in [-0.2, -0.15) is 13.2 Å². The van der Waals surface area contributed by atoms with Crippen molar-refractivity contribution in [3.63, 3.8) is 0 Å². The van der Waals surface area contributed by atoms with Crippen LogP contribution in [-0.2, 0) is 0 Å². The van der Waals surface area contributed by atoms with Crippen LogP contribution in [0.1, 0.15) is 44.2 Å². The van der Waals surface area contributed by atoms with E-state index in [1.54, 1.807) is 12.1 Å². The molecule has 0 spiro atoms. The number of alkyl halides is 3. The Morgan fingerprint density at radius 3 is 2.37 bits per heavy atom. The van der Waals surface area contributed by atoms with Crippen molar-refractivity contribution in [2.24, 2.45) is 0 Å². The van der Waals surface area contributed by atoms with Crippen molar-refractivity contribution in [1.29, 1.82) is 0 Å². The van der Waals surface area contributed by atoms with Gasteiger partial charge in [-0.25, -0.2) is 0 Å². The van der Waals surface area contributed by atoms with Gasteiger partial charge in [0, 0.05) is 17.5 Å². The van der Waals surface area contributed by atoms with E-state index in [1.807, 2.05) is 19.1 Å². The first-order chi connectivity index (χ1) is 8.92. The van der Waals surface area contributed by atoms with Gasteiger partial charge in [0.1, 0.15) is 0 Å². The fourth-order valence-electron chi connectivity index (χ4n) is 1.91. The molecule has 19 heavy (non-hydrogen) atoms. The summed E-state index contributed by atoms with van der Waals surface area (Å²) in [5, 5.41) is 3.91. The van der Waals surface area contributed by atoms with Crippen molar-refractivity contribution in [3.8, 4) is 0 Å². The molecule has 1 aromatic rings. The molecular weight excluding hydrogens is 275 g/mol. The molecule has 1 aromatic carbocycles. The van der Waals surface area contributed by atoms with E-state index in [9.17, 15) is 13.2 Å². The van der Waals surface area contributed by atoms with Crippen LogP contribution in [0, 0.1) is 0 Å². The highest BCUT2D eigenvalue weighted by atomic mass is 35.5. The summed E-state index contributed by atoms with van der Waals surface area (Å²) in [6.07, 6.45) is -3.25. The van der Waals surface area contributed by atoms with E-state index in [0.29, 0.717) is 11.4 Å². The predicted octanol–water partition coefficient (Wildman–Crippen LogP) is 5.11. The van der Waals surface area contributed by atoms with E-state index in [2.05, 4.69) is 5.32 Å². The number of hydrogen-bond donors (Lipinski definition) is 1. The zero-order chi connectivity index (χ0) is 14.3. The average molecular weight is 294 g/mol. The predicted molar refractivity (Wildman–Crippen MR) is 72.4 cm³/mol. The van der Waals surface area contributed by atoms with Gasteiger partial charge < -0.3 is 5.32 Å². The van der Waals surface area contributed by atoms with Crippen LogP contribution in [0.4, 0.5) is 13.2 Å². The van der Waals surface area contributed by atoms with Crippen molar-refractivity contribution < 1.29 is 13.2 Å². The van der Waals surface area contributed by atoms with Crippen LogP contribution in [0.2, 0.25) is 5.02 Å². The molecule has 0 saturated heterocycles. The van der Waals surface area contributed by atoms with Crippen molar-refractivity contribution in [2.75, 3.05) is 6.54 Å². The zero-order valence-corrected chi connectivity index (χ0v) is 11.7. The largest absolute Gasteiger partial charge is 0.389 e. The Bertz CT molecular complexity index is 362. The highest BCUT2D eigenvalue weighted by molar-refractivity contribution is 6.30. The molecule has 0 bridgehead atoms. The molecule has 108 valence electrons. The molecule has 0 amide bonds. The third-order valence-electron chi connectivity index (χ3n) is 2.87. The minimum atomic E-state index is -4.07. The number of halogens is 4. The Morgan fingerprint density at radius 1 is 1.21 bits per heavy atom. The van der Waals surface area contributed by atoms with E-state index in [1.165, 1.54) is 0 Å². The van der Waals surface area contributed by atoms with Crippen molar-refractivity contribution in [1.82, 2.24) is 5.32 Å². The lowest BCUT2D eigenvalue weighted by molar-refractivity contribution is -0.135. The molecule has 1 atom stereocenters. The van der Waals surface area contributed by atoms with Gasteiger partial charge in [0.25, 0.3) is 0 Å². The van der Waals surface area contributed by atoms with Crippen LogP contribution in [0.3, 0.4) is 0 Å². The Kier molecular flexibility index (Phi) is 6.66.